The molecule has 0 aliphatic carbocycles. The lowest BCUT2D eigenvalue weighted by molar-refractivity contribution is 1.12. The summed E-state index contributed by atoms with van der Waals surface area (Å²) in [5, 5.41) is 25.4. The third-order valence-corrected chi connectivity index (χ3v) is 8.69. The lowest BCUT2D eigenvalue weighted by Gasteiger charge is -2.20. The molecule has 4 heteroatoms. The lowest BCUT2D eigenvalue weighted by atomic mass is 9.97. The minimum atomic E-state index is 0.568. The van der Waals surface area contributed by atoms with Crippen molar-refractivity contribution < 1.29 is 0 Å². The van der Waals surface area contributed by atoms with Crippen molar-refractivity contribution in [2.75, 3.05) is 0 Å². The van der Waals surface area contributed by atoms with E-state index in [1.54, 1.807) is 0 Å². The fraction of sp³-hybridized carbons (Fsp3) is 0.0500. The number of hydrogen-bond donors (Lipinski definition) is 0. The molecule has 2 heterocycles. The van der Waals surface area contributed by atoms with Gasteiger partial charge in [0.1, 0.15) is 11.6 Å². The minimum absolute atomic E-state index is 0.568. The molecule has 8 rings (SSSR count). The molecule has 6 aromatic carbocycles. The fourth-order valence-electron chi connectivity index (χ4n) is 6.76. The number of benzene rings is 6. The molecule has 0 atom stereocenters. The summed E-state index contributed by atoms with van der Waals surface area (Å²) in [7, 11) is 0. The van der Waals surface area contributed by atoms with Crippen molar-refractivity contribution in [1.29, 1.82) is 10.5 Å². The van der Waals surface area contributed by atoms with Gasteiger partial charge in [-0.25, -0.2) is 0 Å². The molecule has 2 aromatic heterocycles. The fourth-order valence-corrected chi connectivity index (χ4v) is 6.76. The molecule has 0 spiro atoms. The average Bonchev–Trinajstić information content (AvgIpc) is 3.55. The van der Waals surface area contributed by atoms with Gasteiger partial charge < -0.3 is 9.13 Å². The molecule has 0 fully saturated rings. The van der Waals surface area contributed by atoms with E-state index >= 15 is 0 Å². The Bertz CT molecular complexity index is 2550. The molecule has 44 heavy (non-hydrogen) atoms. The van der Waals surface area contributed by atoms with Gasteiger partial charge in [0.2, 0.25) is 0 Å². The van der Waals surface area contributed by atoms with Gasteiger partial charge in [0.15, 0.2) is 0 Å². The van der Waals surface area contributed by atoms with Gasteiger partial charge in [-0.1, -0.05) is 78.9 Å². The number of rotatable bonds is 3. The molecule has 0 saturated carbocycles. The molecule has 0 aliphatic rings. The second kappa shape index (κ2) is 9.73. The van der Waals surface area contributed by atoms with Crippen molar-refractivity contribution in [2.24, 2.45) is 0 Å². The Morgan fingerprint density at radius 3 is 1.73 bits per heavy atom. The van der Waals surface area contributed by atoms with Crippen molar-refractivity contribution in [2.45, 2.75) is 13.8 Å². The van der Waals surface area contributed by atoms with E-state index in [4.69, 9.17) is 0 Å². The highest BCUT2D eigenvalue weighted by Crippen LogP contribution is 2.42. The zero-order valence-corrected chi connectivity index (χ0v) is 24.3. The molecule has 0 aliphatic heterocycles. The van der Waals surface area contributed by atoms with Gasteiger partial charge in [-0.05, 0) is 73.0 Å². The summed E-state index contributed by atoms with van der Waals surface area (Å²) < 4.78 is 4.47. The number of nitriles is 2. The van der Waals surface area contributed by atoms with E-state index in [0.717, 1.165) is 77.2 Å². The van der Waals surface area contributed by atoms with Gasteiger partial charge in [0, 0.05) is 27.1 Å². The maximum Gasteiger partial charge on any atom is 0.104 e. The summed E-state index contributed by atoms with van der Waals surface area (Å²) >= 11 is 0. The topological polar surface area (TPSA) is 57.4 Å². The Morgan fingerprint density at radius 1 is 0.500 bits per heavy atom. The Kier molecular flexibility index (Phi) is 5.66. The van der Waals surface area contributed by atoms with Crippen LogP contribution in [0.1, 0.15) is 22.3 Å². The zero-order chi connectivity index (χ0) is 29.9. The number of hydrogen-bond acceptors (Lipinski definition) is 2. The Hall–Kier alpha value is -6.10. The van der Waals surface area contributed by atoms with Gasteiger partial charge in [-0.2, -0.15) is 10.5 Å². The second-order valence-corrected chi connectivity index (χ2v) is 11.4. The van der Waals surface area contributed by atoms with Crippen molar-refractivity contribution in [3.63, 3.8) is 0 Å². The summed E-state index contributed by atoms with van der Waals surface area (Å²) in [5.74, 6) is 0. The van der Waals surface area contributed by atoms with Gasteiger partial charge in [-0.15, -0.1) is 0 Å². The van der Waals surface area contributed by atoms with E-state index in [9.17, 15) is 10.5 Å². The van der Waals surface area contributed by atoms with Crippen molar-refractivity contribution in [3.05, 3.63) is 144 Å². The molecule has 0 N–H and O–H groups in total. The van der Waals surface area contributed by atoms with Crippen molar-refractivity contribution in [3.8, 4) is 34.6 Å². The summed E-state index contributed by atoms with van der Waals surface area (Å²) in [5.41, 5.74) is 11.0. The average molecular weight is 563 g/mol. The van der Waals surface area contributed by atoms with Gasteiger partial charge >= 0.3 is 0 Å². The molecular weight excluding hydrogens is 536 g/mol. The molecule has 0 saturated heterocycles. The smallest absolute Gasteiger partial charge is 0.104 e. The van der Waals surface area contributed by atoms with Crippen LogP contribution in [0.25, 0.3) is 66.1 Å². The van der Waals surface area contributed by atoms with Gasteiger partial charge in [0.05, 0.1) is 45.1 Å². The minimum Gasteiger partial charge on any atom is -0.308 e. The van der Waals surface area contributed by atoms with Crippen LogP contribution in [0.3, 0.4) is 0 Å². The number of aromatic nitrogens is 2. The SMILES string of the molecule is Cc1ccc2c3ccccc3n(-c3ccc(-c4cccc(C#N)c4)c(-n4c5ccccc5c5ccc(C)cc54)c3C#N)c2c1. The Labute approximate surface area is 254 Å². The third kappa shape index (κ3) is 3.69. The van der Waals surface area contributed by atoms with Crippen LogP contribution in [0.15, 0.2) is 121 Å². The lowest BCUT2D eigenvalue weighted by Crippen LogP contribution is -2.06. The predicted octanol–water partition coefficient (Wildman–Crippen LogP) is 9.91. The Balaban J connectivity index is 1.59. The van der Waals surface area contributed by atoms with Crippen LogP contribution in [-0.2, 0) is 0 Å². The highest BCUT2D eigenvalue weighted by atomic mass is 15.0. The van der Waals surface area contributed by atoms with E-state index in [1.165, 1.54) is 0 Å². The largest absolute Gasteiger partial charge is 0.308 e. The Morgan fingerprint density at radius 2 is 1.09 bits per heavy atom. The molecule has 0 bridgehead atoms. The molecule has 0 radical (unpaired) electrons. The van der Waals surface area contributed by atoms with E-state index in [0.29, 0.717) is 11.1 Å². The highest BCUT2D eigenvalue weighted by molar-refractivity contribution is 6.11. The van der Waals surface area contributed by atoms with Crippen LogP contribution in [0, 0.1) is 36.5 Å². The van der Waals surface area contributed by atoms with Crippen molar-refractivity contribution in [1.82, 2.24) is 9.13 Å². The molecule has 0 amide bonds. The first-order valence-electron chi connectivity index (χ1n) is 14.7. The maximum atomic E-state index is 11.1. The van der Waals surface area contributed by atoms with Crippen LogP contribution in [0.5, 0.6) is 0 Å². The summed E-state index contributed by atoms with van der Waals surface area (Å²) in [4.78, 5) is 0. The molecule has 206 valence electrons. The quantitative estimate of drug-likeness (QED) is 0.215. The van der Waals surface area contributed by atoms with Crippen molar-refractivity contribution >= 4 is 43.6 Å². The first kappa shape index (κ1) is 25.6. The maximum absolute atomic E-state index is 11.1. The summed E-state index contributed by atoms with van der Waals surface area (Å²) in [6, 6.07) is 46.5. The summed E-state index contributed by atoms with van der Waals surface area (Å²) in [6.45, 7) is 4.20. The van der Waals surface area contributed by atoms with Crippen LogP contribution < -0.4 is 0 Å². The molecule has 0 unspecified atom stereocenters. The normalized spacial score (nSPS) is 11.4. The van der Waals surface area contributed by atoms with E-state index < -0.39 is 0 Å². The number of nitrogens with zero attached hydrogens (tertiary/aromatic N) is 4. The van der Waals surface area contributed by atoms with Crippen LogP contribution >= 0.6 is 0 Å². The predicted molar refractivity (Wildman–Crippen MR) is 179 cm³/mol. The third-order valence-electron chi connectivity index (χ3n) is 8.69. The number of aryl methyl sites for hydroxylation is 2. The van der Waals surface area contributed by atoms with Gasteiger partial charge in [0.25, 0.3) is 0 Å². The van der Waals surface area contributed by atoms with E-state index in [-0.39, 0.29) is 0 Å². The first-order valence-corrected chi connectivity index (χ1v) is 14.7. The first-order chi connectivity index (χ1) is 21.6. The van der Waals surface area contributed by atoms with Crippen LogP contribution in [0.4, 0.5) is 0 Å². The number of para-hydroxylation sites is 2. The molecule has 4 nitrogen and oxygen atoms in total. The number of fused-ring (bicyclic) bond motifs is 6. The van der Waals surface area contributed by atoms with Gasteiger partial charge in [-0.3, -0.25) is 0 Å². The monoisotopic (exact) mass is 562 g/mol. The van der Waals surface area contributed by atoms with E-state index in [2.05, 4.69) is 126 Å². The zero-order valence-electron chi connectivity index (χ0n) is 24.3. The van der Waals surface area contributed by atoms with Crippen LogP contribution in [0.2, 0.25) is 0 Å². The molecular formula is C40H26N4. The highest BCUT2D eigenvalue weighted by Gasteiger charge is 2.24. The summed E-state index contributed by atoms with van der Waals surface area (Å²) in [6.07, 6.45) is 0. The van der Waals surface area contributed by atoms with Crippen LogP contribution in [-0.4, -0.2) is 9.13 Å². The molecule has 8 aromatic rings. The second-order valence-electron chi connectivity index (χ2n) is 11.4. The van der Waals surface area contributed by atoms with E-state index in [1.807, 2.05) is 30.3 Å². The standard InChI is InChI=1S/C40H26N4/c1-25-14-16-32-30-10-3-5-12-35(30)43(38(32)20-25)37-19-18-29(28-9-7-8-27(22-28)23-41)40(34(37)24-42)44-36-13-6-4-11-31(36)33-17-15-26(2)21-39(33)44/h3-22H,1-2H3.